The van der Waals surface area contributed by atoms with Crippen LogP contribution in [0.15, 0.2) is 18.2 Å². The van der Waals surface area contributed by atoms with Gasteiger partial charge in [-0.05, 0) is 45.2 Å². The highest BCUT2D eigenvalue weighted by Crippen LogP contribution is 2.21. The summed E-state index contributed by atoms with van der Waals surface area (Å²) < 4.78 is 5.45. The third kappa shape index (κ3) is 5.19. The van der Waals surface area contributed by atoms with E-state index in [-0.39, 0.29) is 17.6 Å². The fraction of sp³-hybridized carbons (Fsp3) is 0.650. The van der Waals surface area contributed by atoms with Gasteiger partial charge in [-0.2, -0.15) is 0 Å². The molecule has 0 aliphatic carbocycles. The summed E-state index contributed by atoms with van der Waals surface area (Å²) in [6.45, 7) is 14.6. The molecule has 0 spiro atoms. The van der Waals surface area contributed by atoms with Crippen LogP contribution in [0.4, 0.5) is 4.79 Å². The molecule has 2 N–H and O–H groups in total. The van der Waals surface area contributed by atoms with Crippen molar-refractivity contribution in [1.29, 1.82) is 0 Å². The highest BCUT2D eigenvalue weighted by molar-refractivity contribution is 5.74. The molecule has 5 nitrogen and oxygen atoms in total. The summed E-state index contributed by atoms with van der Waals surface area (Å²) in [6.07, 6.45) is 0.986. The van der Waals surface area contributed by atoms with Crippen LogP contribution in [0.2, 0.25) is 0 Å². The van der Waals surface area contributed by atoms with E-state index in [1.54, 1.807) is 0 Å². The van der Waals surface area contributed by atoms with Gasteiger partial charge >= 0.3 is 6.03 Å². The molecule has 2 rings (SSSR count). The molecule has 0 radical (unpaired) electrons. The molecule has 1 aliphatic rings. The summed E-state index contributed by atoms with van der Waals surface area (Å²) in [4.78, 5) is 14.8. The van der Waals surface area contributed by atoms with Crippen molar-refractivity contribution >= 4 is 6.03 Å². The van der Waals surface area contributed by atoms with Gasteiger partial charge in [0.25, 0.3) is 0 Å². The number of carbonyl (C=O) groups excluding carboxylic acids is 1. The summed E-state index contributed by atoms with van der Waals surface area (Å²) in [5.41, 5.74) is 3.54. The molecule has 1 fully saturated rings. The third-order valence-electron chi connectivity index (χ3n) is 5.41. The van der Waals surface area contributed by atoms with Crippen LogP contribution in [-0.2, 0) is 4.74 Å². The smallest absolute Gasteiger partial charge is 0.315 e. The Labute approximate surface area is 152 Å². The molecule has 25 heavy (non-hydrogen) atoms. The number of amides is 2. The summed E-state index contributed by atoms with van der Waals surface area (Å²) in [7, 11) is 0. The maximum Gasteiger partial charge on any atom is 0.315 e. The second-order valence-electron chi connectivity index (χ2n) is 7.36. The number of ether oxygens (including phenoxy) is 1. The van der Waals surface area contributed by atoms with Gasteiger partial charge in [-0.1, -0.05) is 30.7 Å². The molecule has 2 atom stereocenters. The molecule has 1 saturated heterocycles. The number of rotatable bonds is 6. The fourth-order valence-electron chi connectivity index (χ4n) is 3.39. The van der Waals surface area contributed by atoms with E-state index >= 15 is 0 Å². The maximum atomic E-state index is 12.4. The zero-order valence-corrected chi connectivity index (χ0v) is 16.3. The number of urea groups is 1. The van der Waals surface area contributed by atoms with Gasteiger partial charge in [-0.25, -0.2) is 4.79 Å². The van der Waals surface area contributed by atoms with E-state index in [0.29, 0.717) is 6.54 Å². The average Bonchev–Trinajstić information content (AvgIpc) is 2.62. The lowest BCUT2D eigenvalue weighted by molar-refractivity contribution is -0.0165. The average molecular weight is 348 g/mol. The number of morpholine rings is 1. The number of hydrogen-bond donors (Lipinski definition) is 2. The van der Waals surface area contributed by atoms with E-state index in [2.05, 4.69) is 61.4 Å². The Bertz CT molecular complexity index is 584. The van der Waals surface area contributed by atoms with Crippen LogP contribution in [0.25, 0.3) is 0 Å². The lowest BCUT2D eigenvalue weighted by atomic mass is 9.95. The largest absolute Gasteiger partial charge is 0.379 e. The van der Waals surface area contributed by atoms with Gasteiger partial charge in [0.15, 0.2) is 0 Å². The number of hydrogen-bond acceptors (Lipinski definition) is 3. The zero-order valence-electron chi connectivity index (χ0n) is 16.3. The molecular formula is C20H33N3O2. The molecule has 140 valence electrons. The van der Waals surface area contributed by atoms with Crippen molar-refractivity contribution in [2.24, 2.45) is 0 Å². The lowest BCUT2D eigenvalue weighted by Gasteiger charge is -2.43. The van der Waals surface area contributed by atoms with Gasteiger partial charge in [-0.3, -0.25) is 4.90 Å². The zero-order chi connectivity index (χ0) is 18.4. The Kier molecular flexibility index (Phi) is 6.85. The van der Waals surface area contributed by atoms with Gasteiger partial charge in [0.2, 0.25) is 0 Å². The number of benzene rings is 1. The number of aryl methyl sites for hydroxylation is 2. The Hall–Kier alpha value is -1.59. The van der Waals surface area contributed by atoms with Gasteiger partial charge in [-0.15, -0.1) is 0 Å². The van der Waals surface area contributed by atoms with Crippen LogP contribution >= 0.6 is 0 Å². The predicted molar refractivity (Wildman–Crippen MR) is 102 cm³/mol. The Morgan fingerprint density at radius 2 is 2.00 bits per heavy atom. The normalized spacial score (nSPS) is 19.1. The van der Waals surface area contributed by atoms with E-state index in [9.17, 15) is 4.79 Å². The molecule has 0 saturated carbocycles. The van der Waals surface area contributed by atoms with E-state index in [4.69, 9.17) is 4.74 Å². The van der Waals surface area contributed by atoms with Crippen molar-refractivity contribution in [2.45, 2.75) is 52.6 Å². The van der Waals surface area contributed by atoms with Gasteiger partial charge in [0.1, 0.15) is 0 Å². The minimum absolute atomic E-state index is 0.0174. The quantitative estimate of drug-likeness (QED) is 0.831. The summed E-state index contributed by atoms with van der Waals surface area (Å²) >= 11 is 0. The topological polar surface area (TPSA) is 53.6 Å². The molecule has 1 aromatic rings. The first-order valence-electron chi connectivity index (χ1n) is 9.30. The van der Waals surface area contributed by atoms with Crippen molar-refractivity contribution in [3.63, 3.8) is 0 Å². The molecular weight excluding hydrogens is 314 g/mol. The van der Waals surface area contributed by atoms with Crippen molar-refractivity contribution < 1.29 is 9.53 Å². The molecule has 0 bridgehead atoms. The number of carbonyl (C=O) groups is 1. The molecule has 1 aromatic carbocycles. The standard InChI is InChI=1S/C20H33N3O2/c1-6-20(5,23-9-11-25-12-10-23)14-21-19(24)22-17(4)18-13-15(2)7-8-16(18)3/h7-8,13,17H,6,9-12,14H2,1-5H3,(H2,21,22,24)/t17-,20-/m1/s1. The van der Waals surface area contributed by atoms with E-state index in [0.717, 1.165) is 32.7 Å². The summed E-state index contributed by atoms with van der Waals surface area (Å²) in [6, 6.07) is 6.22. The monoisotopic (exact) mass is 347 g/mol. The van der Waals surface area contributed by atoms with Gasteiger partial charge < -0.3 is 15.4 Å². The molecule has 1 aliphatic heterocycles. The Morgan fingerprint density at radius 3 is 2.64 bits per heavy atom. The van der Waals surface area contributed by atoms with Crippen LogP contribution in [0.5, 0.6) is 0 Å². The fourth-order valence-corrected chi connectivity index (χ4v) is 3.39. The van der Waals surface area contributed by atoms with E-state index < -0.39 is 0 Å². The first-order valence-corrected chi connectivity index (χ1v) is 9.30. The maximum absolute atomic E-state index is 12.4. The first-order chi connectivity index (χ1) is 11.9. The lowest BCUT2D eigenvalue weighted by Crippen LogP contribution is -2.57. The first kappa shape index (κ1) is 19.7. The molecule has 1 heterocycles. The van der Waals surface area contributed by atoms with Crippen molar-refractivity contribution in [1.82, 2.24) is 15.5 Å². The predicted octanol–water partition coefficient (Wildman–Crippen LogP) is 3.16. The van der Waals surface area contributed by atoms with Crippen LogP contribution in [-0.4, -0.2) is 49.3 Å². The van der Waals surface area contributed by atoms with E-state index in [1.807, 2.05) is 6.92 Å². The van der Waals surface area contributed by atoms with Gasteiger partial charge in [0.05, 0.1) is 19.3 Å². The van der Waals surface area contributed by atoms with Crippen LogP contribution < -0.4 is 10.6 Å². The SMILES string of the molecule is CC[C@](C)(CNC(=O)N[C@H](C)c1cc(C)ccc1C)N1CCOCC1. The molecule has 0 aromatic heterocycles. The van der Waals surface area contributed by atoms with E-state index in [1.165, 1.54) is 16.7 Å². The molecule has 0 unspecified atom stereocenters. The second kappa shape index (κ2) is 8.68. The summed E-state index contributed by atoms with van der Waals surface area (Å²) in [5, 5.41) is 6.14. The third-order valence-corrected chi connectivity index (χ3v) is 5.41. The summed E-state index contributed by atoms with van der Waals surface area (Å²) in [5.74, 6) is 0. The molecule has 2 amide bonds. The molecule has 5 heteroatoms. The number of nitrogens with one attached hydrogen (secondary N) is 2. The Balaban J connectivity index is 1.91. The minimum atomic E-state index is -0.110. The number of nitrogens with zero attached hydrogens (tertiary/aromatic N) is 1. The minimum Gasteiger partial charge on any atom is -0.379 e. The van der Waals surface area contributed by atoms with Crippen molar-refractivity contribution in [2.75, 3.05) is 32.8 Å². The highest BCUT2D eigenvalue weighted by atomic mass is 16.5. The van der Waals surface area contributed by atoms with Crippen LogP contribution in [0.3, 0.4) is 0 Å². The van der Waals surface area contributed by atoms with Gasteiger partial charge in [0, 0.05) is 25.2 Å². The Morgan fingerprint density at radius 1 is 1.32 bits per heavy atom. The van der Waals surface area contributed by atoms with Crippen molar-refractivity contribution in [3.05, 3.63) is 34.9 Å². The van der Waals surface area contributed by atoms with Crippen LogP contribution in [0, 0.1) is 13.8 Å². The van der Waals surface area contributed by atoms with Crippen LogP contribution in [0.1, 0.15) is 49.9 Å². The van der Waals surface area contributed by atoms with Crippen molar-refractivity contribution in [3.8, 4) is 0 Å². The highest BCUT2D eigenvalue weighted by Gasteiger charge is 2.31. The second-order valence-corrected chi connectivity index (χ2v) is 7.36.